The van der Waals surface area contributed by atoms with Gasteiger partial charge in [-0.1, -0.05) is 6.07 Å². The lowest BCUT2D eigenvalue weighted by molar-refractivity contribution is -0.404. The Morgan fingerprint density at radius 2 is 1.54 bits per heavy atom. The van der Waals surface area contributed by atoms with Crippen molar-refractivity contribution in [3.05, 3.63) is 66.2 Å². The number of phenolic OH excluding ortho intramolecular Hbond substituents is 1. The van der Waals surface area contributed by atoms with E-state index in [9.17, 15) is 35.4 Å². The molecule has 0 heterocycles. The van der Waals surface area contributed by atoms with Gasteiger partial charge in [0.2, 0.25) is 0 Å². The van der Waals surface area contributed by atoms with Crippen LogP contribution in [0.25, 0.3) is 0 Å². The molecular weight excluding hydrogens is 352 g/mol. The normalized spacial score (nSPS) is 10.3. The van der Waals surface area contributed by atoms with Crippen molar-refractivity contribution in [1.29, 1.82) is 0 Å². The van der Waals surface area contributed by atoms with E-state index >= 15 is 0 Å². The molecule has 12 heteroatoms. The van der Waals surface area contributed by atoms with Crippen LogP contribution in [0.2, 0.25) is 0 Å². The van der Waals surface area contributed by atoms with Gasteiger partial charge in [-0.15, -0.1) is 0 Å². The SMILES string of the molecule is NCCc1ccc(O)c(Oc2c([N+](=O)[O-])cc([N+](=O)[O-])cc2[N+](=O)[O-])c1. The van der Waals surface area contributed by atoms with Gasteiger partial charge in [-0.2, -0.15) is 0 Å². The van der Waals surface area contributed by atoms with Gasteiger partial charge >= 0.3 is 11.4 Å². The maximum Gasteiger partial charge on any atom is 0.325 e. The van der Waals surface area contributed by atoms with Gasteiger partial charge < -0.3 is 15.6 Å². The second-order valence-corrected chi connectivity index (χ2v) is 5.03. The maximum atomic E-state index is 11.2. The van der Waals surface area contributed by atoms with E-state index in [4.69, 9.17) is 10.5 Å². The molecule has 0 amide bonds. The van der Waals surface area contributed by atoms with E-state index < -0.39 is 43.3 Å². The summed E-state index contributed by atoms with van der Waals surface area (Å²) in [4.78, 5) is 30.2. The minimum atomic E-state index is -1.05. The van der Waals surface area contributed by atoms with Crippen molar-refractivity contribution < 1.29 is 24.6 Å². The predicted molar refractivity (Wildman–Crippen MR) is 87.3 cm³/mol. The number of nitrogens with zero attached hydrogens (tertiary/aromatic N) is 3. The fourth-order valence-electron chi connectivity index (χ4n) is 2.14. The van der Waals surface area contributed by atoms with Gasteiger partial charge in [-0.05, 0) is 30.7 Å². The van der Waals surface area contributed by atoms with Gasteiger partial charge in [0.15, 0.2) is 11.5 Å². The molecule has 0 aliphatic carbocycles. The lowest BCUT2D eigenvalue weighted by Gasteiger charge is -2.10. The molecule has 26 heavy (non-hydrogen) atoms. The lowest BCUT2D eigenvalue weighted by Crippen LogP contribution is -2.03. The van der Waals surface area contributed by atoms with E-state index in [1.807, 2.05) is 0 Å². The number of nitro groups is 3. The molecule has 0 saturated heterocycles. The molecule has 2 aromatic rings. The Balaban J connectivity index is 2.65. The number of nitro benzene ring substituents is 3. The molecule has 0 aromatic heterocycles. The Labute approximate surface area is 144 Å². The molecule has 2 rings (SSSR count). The molecule has 2 aromatic carbocycles. The van der Waals surface area contributed by atoms with Crippen LogP contribution in [-0.2, 0) is 6.42 Å². The standard InChI is InChI=1S/C14H12N4O8/c15-4-3-8-1-2-12(19)13(5-8)26-14-10(17(22)23)6-9(16(20)21)7-11(14)18(24)25/h1-2,5-7,19H,3-4,15H2. The topological polar surface area (TPSA) is 185 Å². The van der Waals surface area contributed by atoms with Crippen LogP contribution in [0.1, 0.15) is 5.56 Å². The summed E-state index contributed by atoms with van der Waals surface area (Å²) in [7, 11) is 0. The third-order valence-corrected chi connectivity index (χ3v) is 3.31. The number of phenols is 1. The fraction of sp³-hybridized carbons (Fsp3) is 0.143. The number of aromatic hydroxyl groups is 1. The summed E-state index contributed by atoms with van der Waals surface area (Å²) in [5.74, 6) is -1.53. The van der Waals surface area contributed by atoms with Crippen molar-refractivity contribution in [2.75, 3.05) is 6.54 Å². The summed E-state index contributed by atoms with van der Waals surface area (Å²) < 4.78 is 5.22. The summed E-state index contributed by atoms with van der Waals surface area (Å²) in [6.45, 7) is 0.280. The first kappa shape index (κ1) is 18.5. The van der Waals surface area contributed by atoms with Gasteiger partial charge in [-0.25, -0.2) is 0 Å². The van der Waals surface area contributed by atoms with Crippen LogP contribution in [0.5, 0.6) is 17.2 Å². The van der Waals surface area contributed by atoms with Crippen molar-refractivity contribution in [3.8, 4) is 17.2 Å². The van der Waals surface area contributed by atoms with Crippen LogP contribution >= 0.6 is 0 Å². The van der Waals surface area contributed by atoms with Crippen LogP contribution in [0, 0.1) is 30.3 Å². The lowest BCUT2D eigenvalue weighted by atomic mass is 10.1. The largest absolute Gasteiger partial charge is 0.504 e. The van der Waals surface area contributed by atoms with Gasteiger partial charge in [0.1, 0.15) is 0 Å². The van der Waals surface area contributed by atoms with E-state index in [-0.39, 0.29) is 12.3 Å². The third kappa shape index (κ3) is 3.81. The zero-order valence-corrected chi connectivity index (χ0v) is 13.0. The van der Waals surface area contributed by atoms with Crippen LogP contribution in [0.3, 0.4) is 0 Å². The van der Waals surface area contributed by atoms with Gasteiger partial charge in [0.05, 0.1) is 26.9 Å². The molecule has 0 radical (unpaired) electrons. The van der Waals surface area contributed by atoms with Crippen LogP contribution in [-0.4, -0.2) is 26.4 Å². The van der Waals surface area contributed by atoms with Gasteiger partial charge in [0.25, 0.3) is 11.4 Å². The predicted octanol–water partition coefficient (Wildman–Crippen LogP) is 2.41. The second kappa shape index (κ2) is 7.40. The number of hydrogen-bond donors (Lipinski definition) is 2. The third-order valence-electron chi connectivity index (χ3n) is 3.31. The number of rotatable bonds is 7. The van der Waals surface area contributed by atoms with E-state index in [0.717, 1.165) is 0 Å². The molecule has 3 N–H and O–H groups in total. The number of non-ortho nitro benzene ring substituents is 1. The van der Waals surface area contributed by atoms with Crippen molar-refractivity contribution in [2.24, 2.45) is 5.73 Å². The first-order valence-corrected chi connectivity index (χ1v) is 7.05. The molecule has 12 nitrogen and oxygen atoms in total. The zero-order valence-electron chi connectivity index (χ0n) is 13.0. The van der Waals surface area contributed by atoms with Gasteiger partial charge in [0, 0.05) is 0 Å². The minimum absolute atomic E-state index is 0.280. The molecule has 0 aliphatic heterocycles. The highest BCUT2D eigenvalue weighted by Crippen LogP contribution is 2.44. The Bertz CT molecular complexity index is 864. The molecule has 0 spiro atoms. The molecule has 136 valence electrons. The Kier molecular flexibility index (Phi) is 5.27. The molecule has 0 aliphatic rings. The van der Waals surface area contributed by atoms with E-state index in [1.165, 1.54) is 18.2 Å². The Morgan fingerprint density at radius 3 is 2.00 bits per heavy atom. The van der Waals surface area contributed by atoms with Crippen LogP contribution in [0.4, 0.5) is 17.1 Å². The molecule has 0 saturated carbocycles. The highest BCUT2D eigenvalue weighted by molar-refractivity contribution is 5.67. The van der Waals surface area contributed by atoms with Crippen LogP contribution in [0.15, 0.2) is 30.3 Å². The highest BCUT2D eigenvalue weighted by atomic mass is 16.6. The van der Waals surface area contributed by atoms with E-state index in [0.29, 0.717) is 24.1 Å². The molecule has 0 unspecified atom stereocenters. The summed E-state index contributed by atoms with van der Waals surface area (Å²) in [5.41, 5.74) is 3.26. The highest BCUT2D eigenvalue weighted by Gasteiger charge is 2.33. The van der Waals surface area contributed by atoms with Crippen molar-refractivity contribution in [3.63, 3.8) is 0 Å². The molecule has 0 fully saturated rings. The summed E-state index contributed by atoms with van der Waals surface area (Å²) in [5, 5.41) is 43.2. The summed E-state index contributed by atoms with van der Waals surface area (Å²) >= 11 is 0. The number of benzene rings is 2. The van der Waals surface area contributed by atoms with Crippen molar-refractivity contribution >= 4 is 17.1 Å². The average molecular weight is 364 g/mol. The molecule has 0 bridgehead atoms. The summed E-state index contributed by atoms with van der Waals surface area (Å²) in [6.07, 6.45) is 0.404. The quantitative estimate of drug-likeness (QED) is 0.549. The number of ether oxygens (including phenoxy) is 1. The zero-order chi connectivity index (χ0) is 19.4. The first-order chi connectivity index (χ1) is 12.2. The van der Waals surface area contributed by atoms with E-state index in [1.54, 1.807) is 0 Å². The smallest absolute Gasteiger partial charge is 0.325 e. The second-order valence-electron chi connectivity index (χ2n) is 5.03. The van der Waals surface area contributed by atoms with Crippen molar-refractivity contribution in [1.82, 2.24) is 0 Å². The van der Waals surface area contributed by atoms with Gasteiger partial charge in [-0.3, -0.25) is 30.3 Å². The average Bonchev–Trinajstić information content (AvgIpc) is 2.57. The molecular formula is C14H12N4O8. The fourth-order valence-corrected chi connectivity index (χ4v) is 2.14. The number of nitrogens with two attached hydrogens (primary N) is 1. The first-order valence-electron chi connectivity index (χ1n) is 7.05. The number of hydrogen-bond acceptors (Lipinski definition) is 9. The Hall–Kier alpha value is -3.80. The van der Waals surface area contributed by atoms with E-state index in [2.05, 4.69) is 0 Å². The minimum Gasteiger partial charge on any atom is -0.504 e. The summed E-state index contributed by atoms with van der Waals surface area (Å²) in [6, 6.07) is 5.18. The Morgan fingerprint density at radius 1 is 0.962 bits per heavy atom. The van der Waals surface area contributed by atoms with Crippen molar-refractivity contribution in [2.45, 2.75) is 6.42 Å². The monoisotopic (exact) mass is 364 g/mol. The van der Waals surface area contributed by atoms with Crippen LogP contribution < -0.4 is 10.5 Å². The maximum absolute atomic E-state index is 11.2. The molecule has 0 atom stereocenters.